The summed E-state index contributed by atoms with van der Waals surface area (Å²) in [6, 6.07) is 17.3. The van der Waals surface area contributed by atoms with Crippen LogP contribution in [0.5, 0.6) is 0 Å². The van der Waals surface area contributed by atoms with E-state index in [9.17, 15) is 4.79 Å². The van der Waals surface area contributed by atoms with E-state index in [4.69, 9.17) is 5.26 Å². The van der Waals surface area contributed by atoms with Gasteiger partial charge in [-0.25, -0.2) is 0 Å². The van der Waals surface area contributed by atoms with Crippen LogP contribution in [0.25, 0.3) is 0 Å². The van der Waals surface area contributed by atoms with Gasteiger partial charge in [0.1, 0.15) is 0 Å². The molecule has 0 saturated heterocycles. The van der Waals surface area contributed by atoms with Gasteiger partial charge in [0, 0.05) is 18.7 Å². The maximum atomic E-state index is 12.4. The van der Waals surface area contributed by atoms with Gasteiger partial charge in [-0.1, -0.05) is 30.3 Å². The van der Waals surface area contributed by atoms with Gasteiger partial charge in [-0.05, 0) is 35.7 Å². The molecule has 1 aliphatic heterocycles. The molecular formula is C17H14N2O. The highest BCUT2D eigenvalue weighted by Gasteiger charge is 2.23. The van der Waals surface area contributed by atoms with Crippen LogP contribution in [0.15, 0.2) is 48.5 Å². The van der Waals surface area contributed by atoms with Crippen molar-refractivity contribution in [3.63, 3.8) is 0 Å². The summed E-state index contributed by atoms with van der Waals surface area (Å²) >= 11 is 0. The number of benzene rings is 2. The van der Waals surface area contributed by atoms with Crippen LogP contribution < -0.4 is 0 Å². The van der Waals surface area contributed by atoms with Crippen molar-refractivity contribution >= 4 is 5.91 Å². The molecule has 0 saturated carbocycles. The normalized spacial score (nSPS) is 13.8. The third-order valence-corrected chi connectivity index (χ3v) is 3.62. The molecule has 0 N–H and O–H groups in total. The lowest BCUT2D eigenvalue weighted by atomic mass is 9.98. The maximum absolute atomic E-state index is 12.4. The minimum atomic E-state index is 0.0780. The average molecular weight is 262 g/mol. The summed E-state index contributed by atoms with van der Waals surface area (Å²) in [5, 5.41) is 8.92. The van der Waals surface area contributed by atoms with Crippen LogP contribution in [-0.2, 0) is 13.0 Å². The molecule has 2 aromatic rings. The van der Waals surface area contributed by atoms with Crippen molar-refractivity contribution < 1.29 is 4.79 Å². The van der Waals surface area contributed by atoms with Gasteiger partial charge in [-0.3, -0.25) is 4.79 Å². The molecule has 1 heterocycles. The molecule has 98 valence electrons. The Morgan fingerprint density at radius 2 is 2.00 bits per heavy atom. The fourth-order valence-corrected chi connectivity index (χ4v) is 2.58. The van der Waals surface area contributed by atoms with E-state index < -0.39 is 0 Å². The number of carbonyl (C=O) groups excluding carboxylic acids is 1. The van der Waals surface area contributed by atoms with E-state index in [0.29, 0.717) is 12.1 Å². The predicted octanol–water partition coefficient (Wildman–Crippen LogP) is 2.76. The number of amides is 1. The molecule has 20 heavy (non-hydrogen) atoms. The minimum Gasteiger partial charge on any atom is -0.334 e. The second-order valence-corrected chi connectivity index (χ2v) is 4.95. The van der Waals surface area contributed by atoms with Gasteiger partial charge in [-0.15, -0.1) is 0 Å². The van der Waals surface area contributed by atoms with Crippen molar-refractivity contribution in [1.82, 2.24) is 4.90 Å². The molecule has 0 aliphatic carbocycles. The molecule has 0 fully saturated rings. The summed E-state index contributed by atoms with van der Waals surface area (Å²) in [4.78, 5) is 14.3. The fraction of sp³-hybridized carbons (Fsp3) is 0.176. The Kier molecular flexibility index (Phi) is 3.22. The maximum Gasteiger partial charge on any atom is 0.254 e. The number of carbonyl (C=O) groups is 1. The van der Waals surface area contributed by atoms with Crippen LogP contribution in [0.3, 0.4) is 0 Å². The third-order valence-electron chi connectivity index (χ3n) is 3.62. The number of hydrogen-bond donors (Lipinski definition) is 0. The topological polar surface area (TPSA) is 44.1 Å². The van der Waals surface area contributed by atoms with E-state index in [1.165, 1.54) is 0 Å². The van der Waals surface area contributed by atoms with Crippen molar-refractivity contribution in [2.75, 3.05) is 6.54 Å². The molecule has 0 atom stereocenters. The first-order chi connectivity index (χ1) is 9.78. The van der Waals surface area contributed by atoms with Crippen molar-refractivity contribution in [2.45, 2.75) is 13.0 Å². The van der Waals surface area contributed by atoms with Crippen molar-refractivity contribution in [3.8, 4) is 6.07 Å². The molecule has 0 aromatic heterocycles. The lowest BCUT2D eigenvalue weighted by molar-refractivity contribution is 0.0727. The number of nitrogens with zero attached hydrogens (tertiary/aromatic N) is 2. The molecule has 3 nitrogen and oxygen atoms in total. The van der Waals surface area contributed by atoms with Gasteiger partial charge >= 0.3 is 0 Å². The first-order valence-corrected chi connectivity index (χ1v) is 6.64. The molecule has 3 rings (SSSR count). The van der Waals surface area contributed by atoms with Crippen LogP contribution in [0, 0.1) is 11.3 Å². The number of fused-ring (bicyclic) bond motifs is 1. The third kappa shape index (κ3) is 2.28. The van der Waals surface area contributed by atoms with Gasteiger partial charge in [0.15, 0.2) is 0 Å². The first kappa shape index (κ1) is 12.4. The van der Waals surface area contributed by atoms with E-state index in [1.54, 1.807) is 6.07 Å². The van der Waals surface area contributed by atoms with Crippen LogP contribution in [0.1, 0.15) is 27.0 Å². The summed E-state index contributed by atoms with van der Waals surface area (Å²) in [7, 11) is 0. The standard InChI is InChI=1S/C17H14N2O/c18-11-13-4-3-5-14(10-13)12-19-9-8-15-6-1-2-7-16(15)17(19)20/h1-7,10H,8-9,12H2. The van der Waals surface area contributed by atoms with Crippen LogP contribution >= 0.6 is 0 Å². The Morgan fingerprint density at radius 1 is 1.15 bits per heavy atom. The molecule has 0 radical (unpaired) electrons. The number of rotatable bonds is 2. The van der Waals surface area contributed by atoms with E-state index in [1.807, 2.05) is 47.4 Å². The Hall–Kier alpha value is -2.60. The number of hydrogen-bond acceptors (Lipinski definition) is 2. The predicted molar refractivity (Wildman–Crippen MR) is 76.0 cm³/mol. The molecule has 1 aliphatic rings. The van der Waals surface area contributed by atoms with Crippen LogP contribution in [0.2, 0.25) is 0 Å². The van der Waals surface area contributed by atoms with E-state index in [2.05, 4.69) is 6.07 Å². The average Bonchev–Trinajstić information content (AvgIpc) is 2.50. The Balaban J connectivity index is 1.83. The molecule has 1 amide bonds. The van der Waals surface area contributed by atoms with E-state index >= 15 is 0 Å². The summed E-state index contributed by atoms with van der Waals surface area (Å²) in [5.41, 5.74) is 3.55. The second-order valence-electron chi connectivity index (χ2n) is 4.95. The monoisotopic (exact) mass is 262 g/mol. The molecule has 3 heteroatoms. The van der Waals surface area contributed by atoms with Crippen molar-refractivity contribution in [1.29, 1.82) is 5.26 Å². The molecule has 0 unspecified atom stereocenters. The molecule has 0 spiro atoms. The Morgan fingerprint density at radius 3 is 2.85 bits per heavy atom. The quantitative estimate of drug-likeness (QED) is 0.835. The van der Waals surface area contributed by atoms with Gasteiger partial charge in [0.2, 0.25) is 0 Å². The summed E-state index contributed by atoms with van der Waals surface area (Å²) in [6.07, 6.45) is 0.889. The van der Waals surface area contributed by atoms with Gasteiger partial charge < -0.3 is 4.90 Å². The zero-order valence-electron chi connectivity index (χ0n) is 11.0. The summed E-state index contributed by atoms with van der Waals surface area (Å²) in [6.45, 7) is 1.29. The molecular weight excluding hydrogens is 248 g/mol. The summed E-state index contributed by atoms with van der Waals surface area (Å²) < 4.78 is 0. The molecule has 2 aromatic carbocycles. The highest BCUT2D eigenvalue weighted by Crippen LogP contribution is 2.20. The van der Waals surface area contributed by atoms with E-state index in [0.717, 1.165) is 29.7 Å². The van der Waals surface area contributed by atoms with Gasteiger partial charge in [0.25, 0.3) is 5.91 Å². The lowest BCUT2D eigenvalue weighted by Gasteiger charge is -2.28. The van der Waals surface area contributed by atoms with E-state index in [-0.39, 0.29) is 5.91 Å². The second kappa shape index (κ2) is 5.18. The highest BCUT2D eigenvalue weighted by atomic mass is 16.2. The molecule has 0 bridgehead atoms. The Labute approximate surface area is 118 Å². The highest BCUT2D eigenvalue weighted by molar-refractivity contribution is 5.96. The first-order valence-electron chi connectivity index (χ1n) is 6.64. The largest absolute Gasteiger partial charge is 0.334 e. The minimum absolute atomic E-state index is 0.0780. The van der Waals surface area contributed by atoms with Gasteiger partial charge in [-0.2, -0.15) is 5.26 Å². The van der Waals surface area contributed by atoms with Gasteiger partial charge in [0.05, 0.1) is 11.6 Å². The smallest absolute Gasteiger partial charge is 0.254 e. The number of nitriles is 1. The van der Waals surface area contributed by atoms with Crippen LogP contribution in [0.4, 0.5) is 0 Å². The zero-order chi connectivity index (χ0) is 13.9. The zero-order valence-corrected chi connectivity index (χ0v) is 11.0. The summed E-state index contributed by atoms with van der Waals surface area (Å²) in [5.74, 6) is 0.0780. The Bertz CT molecular complexity index is 700. The SMILES string of the molecule is N#Cc1cccc(CN2CCc3ccccc3C2=O)c1. The van der Waals surface area contributed by atoms with Crippen molar-refractivity contribution in [2.24, 2.45) is 0 Å². The van der Waals surface area contributed by atoms with Crippen molar-refractivity contribution in [3.05, 3.63) is 70.8 Å². The lowest BCUT2D eigenvalue weighted by Crippen LogP contribution is -2.36. The van der Waals surface area contributed by atoms with Crippen LogP contribution in [-0.4, -0.2) is 17.4 Å². The fourth-order valence-electron chi connectivity index (χ4n) is 2.58.